The molecule has 31 heavy (non-hydrogen) atoms. The second kappa shape index (κ2) is 7.45. The molecule has 3 aromatic heterocycles. The number of hydrogen-bond donors (Lipinski definition) is 1. The molecule has 0 bridgehead atoms. The second-order valence-electron chi connectivity index (χ2n) is 8.96. The zero-order valence-corrected chi connectivity index (χ0v) is 17.8. The zero-order chi connectivity index (χ0) is 20.8. The average Bonchev–Trinajstić information content (AvgIpc) is 3.40. The van der Waals surface area contributed by atoms with Gasteiger partial charge in [-0.05, 0) is 73.8 Å². The molecule has 4 aromatic rings. The second-order valence-corrected chi connectivity index (χ2v) is 8.96. The van der Waals surface area contributed by atoms with Gasteiger partial charge < -0.3 is 4.57 Å². The molecule has 0 saturated heterocycles. The van der Waals surface area contributed by atoms with Gasteiger partial charge in [0.15, 0.2) is 0 Å². The lowest BCUT2D eigenvalue weighted by molar-refractivity contribution is 0.483. The number of rotatable bonds is 5. The van der Waals surface area contributed by atoms with Crippen molar-refractivity contribution in [3.05, 3.63) is 71.4 Å². The summed E-state index contributed by atoms with van der Waals surface area (Å²) in [7, 11) is 0. The van der Waals surface area contributed by atoms with Crippen LogP contribution in [-0.4, -0.2) is 29.9 Å². The fourth-order valence-corrected chi connectivity index (χ4v) is 4.92. The quantitative estimate of drug-likeness (QED) is 0.500. The summed E-state index contributed by atoms with van der Waals surface area (Å²) in [6.07, 6.45) is 12.3. The largest absolute Gasteiger partial charge is 0.336 e. The fraction of sp³-hybridized carbons (Fsp3) is 0.360. The first-order chi connectivity index (χ1) is 15.2. The van der Waals surface area contributed by atoms with Crippen molar-refractivity contribution in [1.29, 1.82) is 0 Å². The highest BCUT2D eigenvalue weighted by atomic mass is 15.3. The minimum Gasteiger partial charge on any atom is -0.336 e. The molecule has 0 aliphatic heterocycles. The van der Waals surface area contributed by atoms with Crippen LogP contribution in [0.5, 0.6) is 0 Å². The number of aromatic nitrogens is 6. The molecular formula is C25H26N6. The lowest BCUT2D eigenvalue weighted by atomic mass is 9.81. The van der Waals surface area contributed by atoms with Gasteiger partial charge in [-0.25, -0.2) is 4.98 Å². The van der Waals surface area contributed by atoms with Gasteiger partial charge in [0.05, 0.1) is 17.7 Å². The molecule has 1 saturated carbocycles. The van der Waals surface area contributed by atoms with Crippen molar-refractivity contribution in [3.8, 4) is 22.6 Å². The van der Waals surface area contributed by atoms with Gasteiger partial charge >= 0.3 is 0 Å². The number of fused-ring (bicyclic) bond motifs is 1. The van der Waals surface area contributed by atoms with Crippen LogP contribution in [0.1, 0.15) is 59.9 Å². The summed E-state index contributed by atoms with van der Waals surface area (Å²) in [5.74, 6) is 1.38. The third-order valence-corrected chi connectivity index (χ3v) is 6.74. The van der Waals surface area contributed by atoms with Crippen LogP contribution < -0.4 is 0 Å². The van der Waals surface area contributed by atoms with E-state index in [4.69, 9.17) is 0 Å². The molecule has 3 heterocycles. The standard InChI is InChI=1S/C25H26N6/c1-16-25(29-30-28-16)20-9-10-26-23(12-20)24-14-31(15-27-24)13-21-4-2-3-19-11-18(17-5-6-17)7-8-22(19)21/h7-12,14-15,17,21H,2-6,13H2,1H3,(H,28,29,30)/t21-/m0/s1. The number of nitrogens with one attached hydrogen (secondary N) is 1. The van der Waals surface area contributed by atoms with Gasteiger partial charge in [0.2, 0.25) is 0 Å². The average molecular weight is 411 g/mol. The van der Waals surface area contributed by atoms with Gasteiger partial charge in [0.1, 0.15) is 11.4 Å². The Bertz CT molecular complexity index is 1230. The molecule has 6 nitrogen and oxygen atoms in total. The number of hydrogen-bond acceptors (Lipinski definition) is 4. The summed E-state index contributed by atoms with van der Waals surface area (Å²) in [5.41, 5.74) is 9.14. The van der Waals surface area contributed by atoms with Crippen molar-refractivity contribution >= 4 is 0 Å². The third-order valence-electron chi connectivity index (χ3n) is 6.74. The Morgan fingerprint density at radius 1 is 1.03 bits per heavy atom. The Morgan fingerprint density at radius 2 is 1.97 bits per heavy atom. The first-order valence-corrected chi connectivity index (χ1v) is 11.2. The summed E-state index contributed by atoms with van der Waals surface area (Å²) in [5, 5.41) is 11.1. The number of nitrogens with zero attached hydrogens (tertiary/aromatic N) is 5. The smallest absolute Gasteiger partial charge is 0.115 e. The first-order valence-electron chi connectivity index (χ1n) is 11.2. The van der Waals surface area contributed by atoms with E-state index in [1.54, 1.807) is 11.1 Å². The van der Waals surface area contributed by atoms with Crippen molar-refractivity contribution in [2.45, 2.75) is 57.4 Å². The molecule has 1 fully saturated rings. The molecule has 1 N–H and O–H groups in total. The van der Waals surface area contributed by atoms with Crippen molar-refractivity contribution in [2.24, 2.45) is 0 Å². The van der Waals surface area contributed by atoms with Crippen LogP contribution in [0.3, 0.4) is 0 Å². The molecule has 156 valence electrons. The van der Waals surface area contributed by atoms with Gasteiger partial charge in [-0.3, -0.25) is 4.98 Å². The van der Waals surface area contributed by atoms with E-state index in [1.165, 1.54) is 37.7 Å². The van der Waals surface area contributed by atoms with Gasteiger partial charge in [-0.15, -0.1) is 0 Å². The molecule has 1 aromatic carbocycles. The molecule has 0 radical (unpaired) electrons. The summed E-state index contributed by atoms with van der Waals surface area (Å²) >= 11 is 0. The highest BCUT2D eigenvalue weighted by Crippen LogP contribution is 2.42. The van der Waals surface area contributed by atoms with E-state index >= 15 is 0 Å². The van der Waals surface area contributed by atoms with Gasteiger partial charge in [0.25, 0.3) is 0 Å². The highest BCUT2D eigenvalue weighted by Gasteiger charge is 2.26. The Hall–Kier alpha value is -3.28. The molecular weight excluding hydrogens is 384 g/mol. The van der Waals surface area contributed by atoms with E-state index < -0.39 is 0 Å². The minimum absolute atomic E-state index is 0.552. The molecule has 2 aliphatic carbocycles. The van der Waals surface area contributed by atoms with Crippen LogP contribution >= 0.6 is 0 Å². The molecule has 0 spiro atoms. The van der Waals surface area contributed by atoms with Crippen LogP contribution in [-0.2, 0) is 13.0 Å². The van der Waals surface area contributed by atoms with Crippen molar-refractivity contribution in [3.63, 3.8) is 0 Å². The maximum absolute atomic E-state index is 4.65. The van der Waals surface area contributed by atoms with Crippen LogP contribution in [0.25, 0.3) is 22.6 Å². The van der Waals surface area contributed by atoms with Gasteiger partial charge in [-0.1, -0.05) is 18.2 Å². The lowest BCUT2D eigenvalue weighted by Crippen LogP contribution is -2.15. The van der Waals surface area contributed by atoms with Crippen LogP contribution in [0.15, 0.2) is 49.1 Å². The summed E-state index contributed by atoms with van der Waals surface area (Å²) in [6, 6.07) is 11.2. The predicted molar refractivity (Wildman–Crippen MR) is 120 cm³/mol. The van der Waals surface area contributed by atoms with E-state index in [0.717, 1.165) is 40.8 Å². The number of imidazole rings is 1. The maximum atomic E-state index is 4.65. The van der Waals surface area contributed by atoms with E-state index in [-0.39, 0.29) is 0 Å². The molecule has 6 rings (SSSR count). The van der Waals surface area contributed by atoms with E-state index in [9.17, 15) is 0 Å². The molecule has 0 amide bonds. The highest BCUT2D eigenvalue weighted by molar-refractivity contribution is 5.67. The number of aryl methyl sites for hydroxylation is 2. The Kier molecular flexibility index (Phi) is 4.44. The topological polar surface area (TPSA) is 72.3 Å². The summed E-state index contributed by atoms with van der Waals surface area (Å²) in [6.45, 7) is 2.91. The van der Waals surface area contributed by atoms with Gasteiger partial charge in [-0.2, -0.15) is 15.4 Å². The number of benzene rings is 1. The molecule has 2 aliphatic rings. The van der Waals surface area contributed by atoms with E-state index in [0.29, 0.717) is 5.92 Å². The Morgan fingerprint density at radius 3 is 2.81 bits per heavy atom. The van der Waals surface area contributed by atoms with E-state index in [2.05, 4.69) is 54.3 Å². The van der Waals surface area contributed by atoms with Crippen LogP contribution in [0.4, 0.5) is 0 Å². The van der Waals surface area contributed by atoms with E-state index in [1.807, 2.05) is 31.6 Å². The lowest BCUT2D eigenvalue weighted by Gasteiger charge is -2.26. The van der Waals surface area contributed by atoms with Gasteiger partial charge in [0, 0.05) is 30.4 Å². The Labute approximate surface area is 181 Å². The zero-order valence-electron chi connectivity index (χ0n) is 17.8. The summed E-state index contributed by atoms with van der Waals surface area (Å²) < 4.78 is 2.22. The molecule has 6 heteroatoms. The monoisotopic (exact) mass is 410 g/mol. The first kappa shape index (κ1) is 18.5. The predicted octanol–water partition coefficient (Wildman–Crippen LogP) is 5.04. The normalized spacial score (nSPS) is 18.2. The minimum atomic E-state index is 0.552. The third kappa shape index (κ3) is 3.56. The Balaban J connectivity index is 1.24. The number of pyridine rings is 1. The number of H-pyrrole nitrogens is 1. The summed E-state index contributed by atoms with van der Waals surface area (Å²) in [4.78, 5) is 9.20. The van der Waals surface area contributed by atoms with Crippen molar-refractivity contribution < 1.29 is 0 Å². The maximum Gasteiger partial charge on any atom is 0.115 e. The SMILES string of the molecule is Cc1n[nH]nc1-c1ccnc(-c2cn(C[C@@H]3CCCc4cc(C5CC5)ccc43)cn2)c1. The fourth-order valence-electron chi connectivity index (χ4n) is 4.92. The van der Waals surface area contributed by atoms with Crippen LogP contribution in [0.2, 0.25) is 0 Å². The molecule has 0 unspecified atom stereocenters. The van der Waals surface area contributed by atoms with Crippen LogP contribution in [0, 0.1) is 6.92 Å². The van der Waals surface area contributed by atoms with Crippen molar-refractivity contribution in [2.75, 3.05) is 0 Å². The molecule has 1 atom stereocenters. The van der Waals surface area contributed by atoms with Crippen molar-refractivity contribution in [1.82, 2.24) is 29.9 Å². The number of aromatic amines is 1.